The summed E-state index contributed by atoms with van der Waals surface area (Å²) in [5.41, 5.74) is -0.695. The number of halogens is 3. The van der Waals surface area contributed by atoms with E-state index in [1.54, 1.807) is 6.07 Å². The zero-order valence-corrected chi connectivity index (χ0v) is 10.8. The van der Waals surface area contributed by atoms with Crippen molar-refractivity contribution in [3.05, 3.63) is 29.8 Å². The molecule has 1 aromatic carbocycles. The molecule has 2 atom stereocenters. The molecule has 2 unspecified atom stereocenters. The topological polar surface area (TPSA) is 21.3 Å². The minimum atomic E-state index is -4.37. The van der Waals surface area contributed by atoms with Crippen molar-refractivity contribution in [2.45, 2.75) is 32.0 Å². The lowest BCUT2D eigenvalue weighted by atomic mass is 10.0. The Hall–Kier alpha value is -1.23. The van der Waals surface area contributed by atoms with Gasteiger partial charge < -0.3 is 10.1 Å². The minimum Gasteiger partial charge on any atom is -0.489 e. The smallest absolute Gasteiger partial charge is 0.419 e. The summed E-state index contributed by atoms with van der Waals surface area (Å²) in [6, 6.07) is 5.42. The quantitative estimate of drug-likeness (QED) is 0.890. The van der Waals surface area contributed by atoms with Crippen LogP contribution in [-0.2, 0) is 6.18 Å². The summed E-state index contributed by atoms with van der Waals surface area (Å²) in [4.78, 5) is 0. The molecule has 0 saturated carbocycles. The second kappa shape index (κ2) is 5.82. The van der Waals surface area contributed by atoms with Gasteiger partial charge in [0.2, 0.25) is 0 Å². The number of benzene rings is 1. The number of nitrogens with one attached hydrogen (secondary N) is 1. The lowest BCUT2D eigenvalue weighted by molar-refractivity contribution is -0.139. The predicted molar refractivity (Wildman–Crippen MR) is 67.1 cm³/mol. The molecule has 19 heavy (non-hydrogen) atoms. The Bertz CT molecular complexity index is 419. The first-order valence-corrected chi connectivity index (χ1v) is 6.52. The maximum Gasteiger partial charge on any atom is 0.419 e. The highest BCUT2D eigenvalue weighted by Gasteiger charge is 2.35. The van der Waals surface area contributed by atoms with Crippen molar-refractivity contribution in [2.24, 2.45) is 5.92 Å². The van der Waals surface area contributed by atoms with Crippen molar-refractivity contribution < 1.29 is 17.9 Å². The molecular formula is C14H18F3NO. The summed E-state index contributed by atoms with van der Waals surface area (Å²) in [6.45, 7) is 3.67. The van der Waals surface area contributed by atoms with E-state index >= 15 is 0 Å². The highest BCUT2D eigenvalue weighted by Crippen LogP contribution is 2.37. The van der Waals surface area contributed by atoms with Crippen LogP contribution in [-0.4, -0.2) is 19.2 Å². The van der Waals surface area contributed by atoms with Crippen molar-refractivity contribution in [1.29, 1.82) is 0 Å². The fraction of sp³-hybridized carbons (Fsp3) is 0.571. The molecule has 1 N–H and O–H groups in total. The van der Waals surface area contributed by atoms with Crippen LogP contribution in [0.5, 0.6) is 5.75 Å². The van der Waals surface area contributed by atoms with E-state index in [0.717, 1.165) is 32.0 Å². The van der Waals surface area contributed by atoms with Crippen LogP contribution in [0.4, 0.5) is 13.2 Å². The van der Waals surface area contributed by atoms with Crippen molar-refractivity contribution in [2.75, 3.05) is 13.1 Å². The second-order valence-electron chi connectivity index (χ2n) is 4.97. The van der Waals surface area contributed by atoms with Gasteiger partial charge >= 0.3 is 6.18 Å². The Morgan fingerprint density at radius 2 is 2.00 bits per heavy atom. The molecule has 0 bridgehead atoms. The van der Waals surface area contributed by atoms with Crippen LogP contribution in [0, 0.1) is 5.92 Å². The molecule has 0 spiro atoms. The average Bonchev–Trinajstić information content (AvgIpc) is 2.54. The molecule has 1 heterocycles. The number of para-hydroxylation sites is 1. The van der Waals surface area contributed by atoms with Gasteiger partial charge in [0.1, 0.15) is 11.9 Å². The van der Waals surface area contributed by atoms with Crippen LogP contribution in [0.15, 0.2) is 24.3 Å². The zero-order chi connectivity index (χ0) is 13.9. The van der Waals surface area contributed by atoms with Crippen molar-refractivity contribution in [3.63, 3.8) is 0 Å². The van der Waals surface area contributed by atoms with Gasteiger partial charge in [-0.15, -0.1) is 0 Å². The molecule has 0 aliphatic carbocycles. The molecule has 0 aromatic heterocycles. The molecule has 2 rings (SSSR count). The van der Waals surface area contributed by atoms with E-state index in [2.05, 4.69) is 5.32 Å². The first-order valence-electron chi connectivity index (χ1n) is 6.52. The molecule has 1 saturated heterocycles. The second-order valence-corrected chi connectivity index (χ2v) is 4.97. The third kappa shape index (κ3) is 3.62. The van der Waals surface area contributed by atoms with Crippen LogP contribution in [0.2, 0.25) is 0 Å². The van der Waals surface area contributed by atoms with Gasteiger partial charge in [0.05, 0.1) is 5.56 Å². The summed E-state index contributed by atoms with van der Waals surface area (Å²) in [6.07, 6.45) is -2.84. The van der Waals surface area contributed by atoms with Gasteiger partial charge in [0, 0.05) is 12.5 Å². The molecule has 1 aromatic rings. The highest BCUT2D eigenvalue weighted by atomic mass is 19.4. The highest BCUT2D eigenvalue weighted by molar-refractivity contribution is 5.35. The van der Waals surface area contributed by atoms with Crippen molar-refractivity contribution >= 4 is 0 Å². The van der Waals surface area contributed by atoms with Gasteiger partial charge in [-0.2, -0.15) is 13.2 Å². The van der Waals surface area contributed by atoms with Gasteiger partial charge in [-0.3, -0.25) is 0 Å². The van der Waals surface area contributed by atoms with Crippen LogP contribution < -0.4 is 10.1 Å². The van der Waals surface area contributed by atoms with Crippen molar-refractivity contribution in [3.8, 4) is 5.75 Å². The third-order valence-corrected chi connectivity index (χ3v) is 3.41. The SMILES string of the molecule is CC1CNCCCC1Oc1ccccc1C(F)(F)F. The van der Waals surface area contributed by atoms with E-state index in [4.69, 9.17) is 4.74 Å². The monoisotopic (exact) mass is 273 g/mol. The molecule has 106 valence electrons. The Morgan fingerprint density at radius 1 is 1.26 bits per heavy atom. The summed E-state index contributed by atoms with van der Waals surface area (Å²) in [5, 5.41) is 3.26. The van der Waals surface area contributed by atoms with E-state index in [1.165, 1.54) is 12.1 Å². The Labute approximate surface area is 111 Å². The molecule has 1 aliphatic rings. The molecule has 2 nitrogen and oxygen atoms in total. The molecule has 0 radical (unpaired) electrons. The number of hydrogen-bond acceptors (Lipinski definition) is 2. The summed E-state index contributed by atoms with van der Waals surface area (Å²) < 4.78 is 44.3. The Kier molecular flexibility index (Phi) is 4.34. The number of rotatable bonds is 2. The average molecular weight is 273 g/mol. The van der Waals surface area contributed by atoms with E-state index in [1.807, 2.05) is 6.92 Å². The maximum absolute atomic E-state index is 12.9. The lowest BCUT2D eigenvalue weighted by Crippen LogP contribution is -2.30. The lowest BCUT2D eigenvalue weighted by Gasteiger charge is -2.24. The van der Waals surface area contributed by atoms with Gasteiger partial charge in [-0.05, 0) is 31.5 Å². The fourth-order valence-corrected chi connectivity index (χ4v) is 2.32. The number of alkyl halides is 3. The summed E-state index contributed by atoms with van der Waals surface area (Å²) in [5.74, 6) is 0.137. The van der Waals surface area contributed by atoms with Crippen LogP contribution in [0.1, 0.15) is 25.3 Å². The van der Waals surface area contributed by atoms with E-state index in [9.17, 15) is 13.2 Å². The largest absolute Gasteiger partial charge is 0.489 e. The summed E-state index contributed by atoms with van der Waals surface area (Å²) in [7, 11) is 0. The van der Waals surface area contributed by atoms with E-state index in [-0.39, 0.29) is 17.8 Å². The Balaban J connectivity index is 2.18. The third-order valence-electron chi connectivity index (χ3n) is 3.41. The first kappa shape index (κ1) is 14.2. The van der Waals surface area contributed by atoms with Crippen molar-refractivity contribution in [1.82, 2.24) is 5.32 Å². The van der Waals surface area contributed by atoms with Gasteiger partial charge in [0.15, 0.2) is 0 Å². The number of ether oxygens (including phenoxy) is 1. The molecule has 1 fully saturated rings. The van der Waals surface area contributed by atoms with E-state index < -0.39 is 11.7 Å². The summed E-state index contributed by atoms with van der Waals surface area (Å²) >= 11 is 0. The standard InChI is InChI=1S/C14H18F3NO/c1-10-9-18-8-4-7-12(10)19-13-6-3-2-5-11(13)14(15,16)17/h2-3,5-6,10,12,18H,4,7-9H2,1H3. The van der Waals surface area contributed by atoms with Gasteiger partial charge in [-0.25, -0.2) is 0 Å². The minimum absolute atomic E-state index is 0.0613. The van der Waals surface area contributed by atoms with Gasteiger partial charge in [0.25, 0.3) is 0 Å². The molecular weight excluding hydrogens is 255 g/mol. The predicted octanol–water partition coefficient (Wildman–Crippen LogP) is 3.47. The van der Waals surface area contributed by atoms with Crippen LogP contribution in [0.25, 0.3) is 0 Å². The zero-order valence-electron chi connectivity index (χ0n) is 10.8. The molecule has 1 aliphatic heterocycles. The number of hydrogen-bond donors (Lipinski definition) is 1. The maximum atomic E-state index is 12.9. The molecule has 5 heteroatoms. The fourth-order valence-electron chi connectivity index (χ4n) is 2.32. The van der Waals surface area contributed by atoms with Gasteiger partial charge in [-0.1, -0.05) is 19.1 Å². The normalized spacial score (nSPS) is 24.8. The van der Waals surface area contributed by atoms with E-state index in [0.29, 0.717) is 0 Å². The first-order chi connectivity index (χ1) is 8.98. The van der Waals surface area contributed by atoms with Crippen LogP contribution >= 0.6 is 0 Å². The molecule has 0 amide bonds. The van der Waals surface area contributed by atoms with Crippen LogP contribution in [0.3, 0.4) is 0 Å². The Morgan fingerprint density at radius 3 is 2.74 bits per heavy atom.